The molecule has 6 heteroatoms. The summed E-state index contributed by atoms with van der Waals surface area (Å²) in [5.74, 6) is 1.89. The molecular formula is C22H25N5S. The number of thiophene rings is 1. The Balaban J connectivity index is 1.28. The zero-order valence-electron chi connectivity index (χ0n) is 16.0. The fourth-order valence-corrected chi connectivity index (χ4v) is 5.24. The summed E-state index contributed by atoms with van der Waals surface area (Å²) in [5.41, 5.74) is 2.75. The molecule has 1 aliphatic carbocycles. The number of fused-ring (bicyclic) bond motifs is 1. The van der Waals surface area contributed by atoms with Crippen LogP contribution in [0.3, 0.4) is 0 Å². The summed E-state index contributed by atoms with van der Waals surface area (Å²) in [6, 6.07) is 12.5. The molecule has 0 unspecified atom stereocenters. The quantitative estimate of drug-likeness (QED) is 0.851. The number of nitrogens with one attached hydrogen (secondary N) is 1. The Hall–Kier alpha value is -2.36. The first-order valence-electron chi connectivity index (χ1n) is 10.2. The first-order chi connectivity index (χ1) is 13.8. The van der Waals surface area contributed by atoms with Crippen molar-refractivity contribution in [1.29, 1.82) is 5.26 Å². The molecule has 0 atom stereocenters. The molecule has 2 aliphatic heterocycles. The molecule has 1 saturated carbocycles. The van der Waals surface area contributed by atoms with Crippen molar-refractivity contribution >= 4 is 27.9 Å². The van der Waals surface area contributed by atoms with Gasteiger partial charge in [-0.2, -0.15) is 5.26 Å². The van der Waals surface area contributed by atoms with Crippen molar-refractivity contribution in [2.24, 2.45) is 10.9 Å². The highest BCUT2D eigenvalue weighted by molar-refractivity contribution is 7.14. The number of nitriles is 1. The van der Waals surface area contributed by atoms with Crippen molar-refractivity contribution in [3.63, 3.8) is 0 Å². The lowest BCUT2D eigenvalue weighted by molar-refractivity contribution is 0.202. The molecule has 5 rings (SSSR count). The van der Waals surface area contributed by atoms with Gasteiger partial charge < -0.3 is 15.1 Å². The summed E-state index contributed by atoms with van der Waals surface area (Å²) in [4.78, 5) is 10.0. The molecule has 0 radical (unpaired) electrons. The van der Waals surface area contributed by atoms with Gasteiger partial charge in [-0.1, -0.05) is 6.07 Å². The molecule has 2 aromatic rings. The maximum atomic E-state index is 9.13. The summed E-state index contributed by atoms with van der Waals surface area (Å²) in [5, 5.41) is 16.0. The number of hydrogen-bond acceptors (Lipinski definition) is 6. The topological polar surface area (TPSA) is 54.7 Å². The van der Waals surface area contributed by atoms with Crippen LogP contribution < -0.4 is 10.2 Å². The van der Waals surface area contributed by atoms with Crippen molar-refractivity contribution in [3.8, 4) is 6.07 Å². The van der Waals surface area contributed by atoms with Gasteiger partial charge in [0.15, 0.2) is 0 Å². The highest BCUT2D eigenvalue weighted by atomic mass is 32.1. The Kier molecular flexibility index (Phi) is 4.79. The van der Waals surface area contributed by atoms with Crippen molar-refractivity contribution in [2.75, 3.05) is 36.5 Å². The molecule has 1 saturated heterocycles. The van der Waals surface area contributed by atoms with Crippen molar-refractivity contribution in [2.45, 2.75) is 31.7 Å². The van der Waals surface area contributed by atoms with Crippen LogP contribution in [-0.2, 0) is 0 Å². The third kappa shape index (κ3) is 3.65. The zero-order valence-corrected chi connectivity index (χ0v) is 16.8. The predicted molar refractivity (Wildman–Crippen MR) is 115 cm³/mol. The predicted octanol–water partition coefficient (Wildman–Crippen LogP) is 4.13. The molecule has 1 aromatic carbocycles. The van der Waals surface area contributed by atoms with Crippen molar-refractivity contribution in [1.82, 2.24) is 4.90 Å². The number of likely N-dealkylation sites (tertiary alicyclic amines) is 1. The number of hydrogen-bond donors (Lipinski definition) is 1. The summed E-state index contributed by atoms with van der Waals surface area (Å²) in [6.45, 7) is 4.45. The van der Waals surface area contributed by atoms with Gasteiger partial charge in [-0.3, -0.25) is 0 Å². The van der Waals surface area contributed by atoms with Crippen LogP contribution in [0.1, 0.15) is 36.8 Å². The lowest BCUT2D eigenvalue weighted by Crippen LogP contribution is -2.47. The normalized spacial score (nSPS) is 20.4. The standard InChI is InChI=1S/C22H25N5S/c23-13-17-2-1-3-18(12-17)25-21-20-8-11-28-22(20)27(15-24-21)19-6-9-26(10-7-19)14-16-4-5-16/h1-3,8,11-12,16,19H,4-7,9-10,14-15H2,(H,24,25). The Morgan fingerprint density at radius 2 is 2.04 bits per heavy atom. The molecular weight excluding hydrogens is 366 g/mol. The first-order valence-corrected chi connectivity index (χ1v) is 11.1. The summed E-state index contributed by atoms with van der Waals surface area (Å²) in [7, 11) is 0. The monoisotopic (exact) mass is 391 g/mol. The second-order valence-electron chi connectivity index (χ2n) is 8.05. The van der Waals surface area contributed by atoms with E-state index in [0.29, 0.717) is 18.3 Å². The minimum atomic E-state index is 0.583. The minimum absolute atomic E-state index is 0.583. The van der Waals surface area contributed by atoms with Gasteiger partial charge >= 0.3 is 0 Å². The smallest absolute Gasteiger partial charge is 0.137 e. The molecule has 3 aliphatic rings. The third-order valence-corrected chi connectivity index (χ3v) is 6.96. The number of aliphatic imine (C=N–C) groups is 1. The summed E-state index contributed by atoms with van der Waals surface area (Å²) < 4.78 is 0. The summed E-state index contributed by atoms with van der Waals surface area (Å²) in [6.07, 6.45) is 5.33. The van der Waals surface area contributed by atoms with Crippen LogP contribution in [0, 0.1) is 17.2 Å². The van der Waals surface area contributed by atoms with Gasteiger partial charge in [-0.25, -0.2) is 4.99 Å². The number of rotatable bonds is 4. The van der Waals surface area contributed by atoms with E-state index in [9.17, 15) is 0 Å². The fraction of sp³-hybridized carbons (Fsp3) is 0.455. The molecule has 0 spiro atoms. The Morgan fingerprint density at radius 3 is 2.82 bits per heavy atom. The van der Waals surface area contributed by atoms with Gasteiger partial charge in [0, 0.05) is 31.4 Å². The molecule has 5 nitrogen and oxygen atoms in total. The van der Waals surface area contributed by atoms with Gasteiger partial charge in [-0.15, -0.1) is 11.3 Å². The van der Waals surface area contributed by atoms with E-state index in [1.54, 1.807) is 0 Å². The van der Waals surface area contributed by atoms with Crippen LogP contribution in [0.2, 0.25) is 0 Å². The second-order valence-corrected chi connectivity index (χ2v) is 8.94. The van der Waals surface area contributed by atoms with E-state index >= 15 is 0 Å². The molecule has 144 valence electrons. The molecule has 2 fully saturated rings. The largest absolute Gasteiger partial charge is 0.340 e. The van der Waals surface area contributed by atoms with Crippen LogP contribution in [0.4, 0.5) is 10.7 Å². The van der Waals surface area contributed by atoms with Crippen LogP contribution in [0.15, 0.2) is 40.7 Å². The molecule has 0 amide bonds. The number of nitrogens with zero attached hydrogens (tertiary/aromatic N) is 4. The Bertz CT molecular complexity index is 915. The van der Waals surface area contributed by atoms with E-state index in [-0.39, 0.29) is 0 Å². The van der Waals surface area contributed by atoms with Crippen molar-refractivity contribution < 1.29 is 0 Å². The lowest BCUT2D eigenvalue weighted by atomic mass is 10.0. The third-order valence-electron chi connectivity index (χ3n) is 6.01. The highest BCUT2D eigenvalue weighted by Gasteiger charge is 2.32. The average Bonchev–Trinajstić information content (AvgIpc) is 3.40. The number of amidine groups is 1. The van der Waals surface area contributed by atoms with E-state index in [4.69, 9.17) is 10.3 Å². The van der Waals surface area contributed by atoms with Crippen LogP contribution >= 0.6 is 11.3 Å². The van der Waals surface area contributed by atoms with Gasteiger partial charge in [0.25, 0.3) is 0 Å². The zero-order chi connectivity index (χ0) is 18.9. The van der Waals surface area contributed by atoms with Gasteiger partial charge in [0.2, 0.25) is 0 Å². The maximum absolute atomic E-state index is 9.13. The number of benzene rings is 1. The van der Waals surface area contributed by atoms with E-state index in [1.807, 2.05) is 35.6 Å². The maximum Gasteiger partial charge on any atom is 0.137 e. The molecule has 3 heterocycles. The van der Waals surface area contributed by atoms with E-state index in [2.05, 4.69) is 32.6 Å². The molecule has 28 heavy (non-hydrogen) atoms. The van der Waals surface area contributed by atoms with E-state index in [1.165, 1.54) is 55.9 Å². The molecule has 1 aromatic heterocycles. The summed E-state index contributed by atoms with van der Waals surface area (Å²) >= 11 is 1.81. The number of anilines is 2. The van der Waals surface area contributed by atoms with Crippen molar-refractivity contribution in [3.05, 3.63) is 46.8 Å². The second kappa shape index (κ2) is 7.57. The average molecular weight is 392 g/mol. The Morgan fingerprint density at radius 1 is 1.18 bits per heavy atom. The molecule has 1 N–H and O–H groups in total. The van der Waals surface area contributed by atoms with Gasteiger partial charge in [0.1, 0.15) is 17.5 Å². The molecule has 0 bridgehead atoms. The first kappa shape index (κ1) is 17.7. The fourth-order valence-electron chi connectivity index (χ4n) is 4.27. The lowest BCUT2D eigenvalue weighted by Gasteiger charge is -2.40. The van der Waals surface area contributed by atoms with Crippen LogP contribution in [0.25, 0.3) is 0 Å². The van der Waals surface area contributed by atoms with Crippen LogP contribution in [0.5, 0.6) is 0 Å². The van der Waals surface area contributed by atoms with Gasteiger partial charge in [-0.05, 0) is 61.2 Å². The van der Waals surface area contributed by atoms with E-state index in [0.717, 1.165) is 17.4 Å². The van der Waals surface area contributed by atoms with Gasteiger partial charge in [0.05, 0.1) is 17.2 Å². The minimum Gasteiger partial charge on any atom is -0.340 e. The Labute approximate surface area is 170 Å². The highest BCUT2D eigenvalue weighted by Crippen LogP contribution is 2.36. The van der Waals surface area contributed by atoms with Crippen LogP contribution in [-0.4, -0.2) is 43.1 Å². The SMILES string of the molecule is N#Cc1cccc(NC2=NCN(C3CCN(CC4CC4)CC3)c3sccc32)c1. The van der Waals surface area contributed by atoms with E-state index < -0.39 is 0 Å². The number of piperidine rings is 1.